The van der Waals surface area contributed by atoms with Gasteiger partial charge in [0.25, 0.3) is 0 Å². The predicted molar refractivity (Wildman–Crippen MR) is 89.0 cm³/mol. The molecule has 21 heavy (non-hydrogen) atoms. The fourth-order valence-electron chi connectivity index (χ4n) is 6.50. The fraction of sp³-hybridized carbons (Fsp3) is 0.900. The number of aliphatic hydroxyl groups excluding tert-OH is 1. The van der Waals surface area contributed by atoms with Crippen LogP contribution in [0.25, 0.3) is 0 Å². The Kier molecular flexibility index (Phi) is 3.60. The van der Waals surface area contributed by atoms with Crippen LogP contribution in [0.5, 0.6) is 0 Å². The number of rotatable bonds is 1. The van der Waals surface area contributed by atoms with E-state index in [-0.39, 0.29) is 11.5 Å². The monoisotopic (exact) mass is 290 g/mol. The number of allylic oxidation sites excluding steroid dienone is 1. The molecule has 1 N–H and O–H groups in total. The minimum absolute atomic E-state index is 0.0926. The largest absolute Gasteiger partial charge is 0.393 e. The molecule has 6 unspecified atom stereocenters. The Labute approximate surface area is 131 Å². The van der Waals surface area contributed by atoms with Gasteiger partial charge in [0, 0.05) is 0 Å². The van der Waals surface area contributed by atoms with Crippen molar-refractivity contribution >= 4 is 0 Å². The molecular weight excluding hydrogens is 256 g/mol. The van der Waals surface area contributed by atoms with Crippen LogP contribution in [-0.2, 0) is 0 Å². The molecule has 0 aromatic heterocycles. The van der Waals surface area contributed by atoms with E-state index in [1.807, 2.05) is 0 Å². The molecule has 0 aliphatic heterocycles. The van der Waals surface area contributed by atoms with Gasteiger partial charge in [-0.1, -0.05) is 40.2 Å². The second-order valence-corrected chi connectivity index (χ2v) is 9.57. The van der Waals surface area contributed by atoms with Gasteiger partial charge >= 0.3 is 0 Å². The lowest BCUT2D eigenvalue weighted by Crippen LogP contribution is -2.57. The summed E-state index contributed by atoms with van der Waals surface area (Å²) in [6.45, 7) is 13.8. The number of hydrogen-bond donors (Lipinski definition) is 1. The van der Waals surface area contributed by atoms with E-state index in [0.717, 1.165) is 18.8 Å². The molecule has 1 nitrogen and oxygen atoms in total. The van der Waals surface area contributed by atoms with Crippen LogP contribution < -0.4 is 0 Å². The Morgan fingerprint density at radius 3 is 2.48 bits per heavy atom. The normalized spacial score (nSPS) is 52.6. The van der Waals surface area contributed by atoms with Crippen LogP contribution in [0, 0.1) is 34.0 Å². The van der Waals surface area contributed by atoms with Gasteiger partial charge in [-0.25, -0.2) is 0 Å². The van der Waals surface area contributed by atoms with Crippen molar-refractivity contribution in [1.82, 2.24) is 0 Å². The molecule has 3 saturated carbocycles. The molecule has 0 amide bonds. The van der Waals surface area contributed by atoms with Crippen molar-refractivity contribution in [3.05, 3.63) is 12.7 Å². The van der Waals surface area contributed by atoms with Gasteiger partial charge in [-0.15, -0.1) is 6.58 Å². The molecule has 1 heteroatoms. The van der Waals surface area contributed by atoms with Gasteiger partial charge in [-0.2, -0.15) is 0 Å². The quantitative estimate of drug-likeness (QED) is 0.659. The van der Waals surface area contributed by atoms with Crippen LogP contribution in [0.2, 0.25) is 0 Å². The highest BCUT2D eigenvalue weighted by atomic mass is 16.3. The molecule has 0 aromatic rings. The van der Waals surface area contributed by atoms with E-state index in [4.69, 9.17) is 0 Å². The zero-order valence-corrected chi connectivity index (χ0v) is 14.5. The van der Waals surface area contributed by atoms with Crippen molar-refractivity contribution < 1.29 is 5.11 Å². The second kappa shape index (κ2) is 4.85. The average Bonchev–Trinajstić information content (AvgIpc) is 2.41. The van der Waals surface area contributed by atoms with Crippen LogP contribution in [0.1, 0.15) is 72.6 Å². The number of hydrogen-bond acceptors (Lipinski definition) is 1. The van der Waals surface area contributed by atoms with Gasteiger partial charge in [-0.3, -0.25) is 0 Å². The molecule has 6 atom stereocenters. The summed E-state index contributed by atoms with van der Waals surface area (Å²) >= 11 is 0. The highest BCUT2D eigenvalue weighted by Crippen LogP contribution is 2.65. The van der Waals surface area contributed by atoms with Gasteiger partial charge < -0.3 is 5.11 Å². The highest BCUT2D eigenvalue weighted by Gasteiger charge is 2.58. The molecule has 3 fully saturated rings. The minimum Gasteiger partial charge on any atom is -0.393 e. The maximum atomic E-state index is 10.9. The van der Waals surface area contributed by atoms with Gasteiger partial charge in [0.15, 0.2) is 0 Å². The maximum absolute atomic E-state index is 10.9. The van der Waals surface area contributed by atoms with Crippen molar-refractivity contribution in [2.75, 3.05) is 0 Å². The molecule has 0 aromatic carbocycles. The van der Waals surface area contributed by atoms with Gasteiger partial charge in [0.1, 0.15) is 0 Å². The van der Waals surface area contributed by atoms with E-state index in [0.29, 0.717) is 22.7 Å². The highest BCUT2D eigenvalue weighted by molar-refractivity contribution is 5.10. The molecule has 0 saturated heterocycles. The summed E-state index contributed by atoms with van der Waals surface area (Å²) in [5, 5.41) is 10.9. The molecule has 3 rings (SSSR count). The van der Waals surface area contributed by atoms with Crippen LogP contribution in [0.3, 0.4) is 0 Å². The second-order valence-electron chi connectivity index (χ2n) is 9.57. The molecular formula is C20H34O. The molecule has 0 bridgehead atoms. The van der Waals surface area contributed by atoms with Crippen molar-refractivity contribution in [3.8, 4) is 0 Å². The third-order valence-corrected chi connectivity index (χ3v) is 7.83. The zero-order chi connectivity index (χ0) is 15.5. The van der Waals surface area contributed by atoms with Gasteiger partial charge in [-0.05, 0) is 72.5 Å². The number of fused-ring (bicyclic) bond motifs is 3. The maximum Gasteiger partial charge on any atom is 0.0574 e. The summed E-state index contributed by atoms with van der Waals surface area (Å²) in [4.78, 5) is 0. The first-order valence-electron chi connectivity index (χ1n) is 9.04. The summed E-state index contributed by atoms with van der Waals surface area (Å²) in [5.74, 6) is 1.92. The summed E-state index contributed by atoms with van der Waals surface area (Å²) in [7, 11) is 0. The van der Waals surface area contributed by atoms with Gasteiger partial charge in [0.05, 0.1) is 6.10 Å². The minimum atomic E-state index is -0.0926. The first kappa shape index (κ1) is 15.6. The summed E-state index contributed by atoms with van der Waals surface area (Å²) in [6.07, 6.45) is 10.9. The SMILES string of the molecule is C=CC1(C)CCC2C(C1)C(O)CC1C(C)(C)CCCC21C. The van der Waals surface area contributed by atoms with E-state index < -0.39 is 0 Å². The van der Waals surface area contributed by atoms with Crippen molar-refractivity contribution in [2.45, 2.75) is 78.7 Å². The Morgan fingerprint density at radius 2 is 1.81 bits per heavy atom. The molecule has 3 aliphatic rings. The lowest BCUT2D eigenvalue weighted by molar-refractivity contribution is -0.164. The van der Waals surface area contributed by atoms with E-state index in [9.17, 15) is 5.11 Å². The lowest BCUT2D eigenvalue weighted by Gasteiger charge is -2.63. The van der Waals surface area contributed by atoms with Crippen molar-refractivity contribution in [1.29, 1.82) is 0 Å². The summed E-state index contributed by atoms with van der Waals surface area (Å²) in [5.41, 5.74) is 1.10. The lowest BCUT2D eigenvalue weighted by atomic mass is 9.43. The van der Waals surface area contributed by atoms with Crippen molar-refractivity contribution in [2.24, 2.45) is 34.0 Å². The molecule has 0 heterocycles. The fourth-order valence-corrected chi connectivity index (χ4v) is 6.50. The van der Waals surface area contributed by atoms with E-state index in [1.54, 1.807) is 0 Å². The molecule has 0 spiro atoms. The van der Waals surface area contributed by atoms with E-state index in [1.165, 1.54) is 32.1 Å². The molecule has 0 radical (unpaired) electrons. The topological polar surface area (TPSA) is 20.2 Å². The number of aliphatic hydroxyl groups is 1. The van der Waals surface area contributed by atoms with Crippen LogP contribution >= 0.6 is 0 Å². The molecule has 120 valence electrons. The third-order valence-electron chi connectivity index (χ3n) is 7.83. The standard InChI is InChI=1S/C20H34O/c1-6-19(4)11-8-15-14(13-19)16(21)12-17-18(2,3)9-7-10-20(15,17)5/h6,14-17,21H,1,7-13H2,2-5H3. The average molecular weight is 290 g/mol. The molecule has 3 aliphatic carbocycles. The summed E-state index contributed by atoms with van der Waals surface area (Å²) in [6, 6.07) is 0. The first-order valence-corrected chi connectivity index (χ1v) is 9.04. The smallest absolute Gasteiger partial charge is 0.0574 e. The Morgan fingerprint density at radius 1 is 1.10 bits per heavy atom. The summed E-state index contributed by atoms with van der Waals surface area (Å²) < 4.78 is 0. The zero-order valence-electron chi connectivity index (χ0n) is 14.5. The third kappa shape index (κ3) is 2.31. The first-order chi connectivity index (χ1) is 9.72. The van der Waals surface area contributed by atoms with Crippen LogP contribution in [-0.4, -0.2) is 11.2 Å². The Balaban J connectivity index is 1.93. The van der Waals surface area contributed by atoms with Crippen molar-refractivity contribution in [3.63, 3.8) is 0 Å². The van der Waals surface area contributed by atoms with Crippen LogP contribution in [0.4, 0.5) is 0 Å². The van der Waals surface area contributed by atoms with Crippen LogP contribution in [0.15, 0.2) is 12.7 Å². The Hall–Kier alpha value is -0.300. The Bertz CT molecular complexity index is 426. The van der Waals surface area contributed by atoms with E-state index in [2.05, 4.69) is 40.3 Å². The van der Waals surface area contributed by atoms with Gasteiger partial charge in [0.2, 0.25) is 0 Å². The van der Waals surface area contributed by atoms with E-state index >= 15 is 0 Å². The predicted octanol–water partition coefficient (Wildman–Crippen LogP) is 5.19.